The molecule has 2 aromatic carbocycles. The Morgan fingerprint density at radius 2 is 1.83 bits per heavy atom. The second kappa shape index (κ2) is 5.95. The summed E-state index contributed by atoms with van der Waals surface area (Å²) in [4.78, 5) is 0. The highest BCUT2D eigenvalue weighted by Gasteiger charge is 2.12. The number of aliphatic hydroxyl groups excluding tert-OH is 1. The molecule has 18 heavy (non-hydrogen) atoms. The smallest absolute Gasteiger partial charge is 0.124 e. The van der Waals surface area contributed by atoms with Gasteiger partial charge in [-0.3, -0.25) is 0 Å². The third kappa shape index (κ3) is 3.40. The zero-order valence-electron chi connectivity index (χ0n) is 9.41. The van der Waals surface area contributed by atoms with Crippen molar-refractivity contribution in [3.8, 4) is 0 Å². The van der Waals surface area contributed by atoms with E-state index in [-0.39, 0.29) is 5.82 Å². The van der Waals surface area contributed by atoms with Gasteiger partial charge in [0.15, 0.2) is 0 Å². The number of benzene rings is 2. The molecule has 1 atom stereocenters. The van der Waals surface area contributed by atoms with Crippen LogP contribution in [0.1, 0.15) is 17.2 Å². The summed E-state index contributed by atoms with van der Waals surface area (Å²) >= 11 is 6.64. The van der Waals surface area contributed by atoms with Gasteiger partial charge >= 0.3 is 0 Å². The van der Waals surface area contributed by atoms with Gasteiger partial charge in [-0.25, -0.2) is 4.39 Å². The molecule has 0 aromatic heterocycles. The first-order chi connectivity index (χ1) is 8.56. The molecule has 0 amide bonds. The molecule has 1 unspecified atom stereocenters. The van der Waals surface area contributed by atoms with Crippen molar-refractivity contribution in [2.75, 3.05) is 0 Å². The first-order valence-electron chi connectivity index (χ1n) is 5.44. The molecule has 1 nitrogen and oxygen atoms in total. The van der Waals surface area contributed by atoms with Gasteiger partial charge in [-0.2, -0.15) is 0 Å². The molecule has 0 aliphatic carbocycles. The van der Waals surface area contributed by atoms with Gasteiger partial charge in [0, 0.05) is 15.4 Å². The lowest BCUT2D eigenvalue weighted by Crippen LogP contribution is -2.03. The molecule has 4 heteroatoms. The average Bonchev–Trinajstić information content (AvgIpc) is 2.27. The predicted octanol–water partition coefficient (Wildman–Crippen LogP) is 4.63. The van der Waals surface area contributed by atoms with Crippen LogP contribution in [-0.2, 0) is 6.42 Å². The third-order valence-electron chi connectivity index (χ3n) is 2.62. The molecule has 0 spiro atoms. The lowest BCUT2D eigenvalue weighted by molar-refractivity contribution is 0.177. The minimum atomic E-state index is -0.658. The van der Waals surface area contributed by atoms with E-state index in [9.17, 15) is 9.50 Å². The Morgan fingerprint density at radius 3 is 2.50 bits per heavy atom. The Kier molecular flexibility index (Phi) is 4.54. The maximum Gasteiger partial charge on any atom is 0.124 e. The van der Waals surface area contributed by atoms with Crippen molar-refractivity contribution in [2.45, 2.75) is 12.5 Å². The van der Waals surface area contributed by atoms with Crippen molar-refractivity contribution < 1.29 is 9.50 Å². The maximum atomic E-state index is 13.2. The van der Waals surface area contributed by atoms with E-state index in [1.807, 2.05) is 30.3 Å². The molecule has 0 saturated heterocycles. The Bertz CT molecular complexity index is 537. The zero-order chi connectivity index (χ0) is 13.1. The Hall–Kier alpha value is -0.710. The maximum absolute atomic E-state index is 13.2. The van der Waals surface area contributed by atoms with Gasteiger partial charge in [0.05, 0.1) is 6.10 Å². The molecule has 2 aromatic rings. The summed E-state index contributed by atoms with van der Waals surface area (Å²) in [6.45, 7) is 0. The van der Waals surface area contributed by atoms with Crippen LogP contribution in [0.3, 0.4) is 0 Å². The molecule has 1 N–H and O–H groups in total. The summed E-state index contributed by atoms with van der Waals surface area (Å²) in [5, 5.41) is 10.2. The van der Waals surface area contributed by atoms with E-state index < -0.39 is 6.10 Å². The normalized spacial score (nSPS) is 12.4. The summed E-state index contributed by atoms with van der Waals surface area (Å²) in [5.41, 5.74) is 1.56. The highest BCUT2D eigenvalue weighted by Crippen LogP contribution is 2.27. The van der Waals surface area contributed by atoms with Gasteiger partial charge in [0.2, 0.25) is 0 Å². The molecule has 0 heterocycles. The van der Waals surface area contributed by atoms with Crippen molar-refractivity contribution in [2.24, 2.45) is 0 Å². The number of hydrogen-bond acceptors (Lipinski definition) is 1. The molecular weight excluding hydrogens is 363 g/mol. The summed E-state index contributed by atoms with van der Waals surface area (Å²) in [5.74, 6) is -0.307. The second-order valence-corrected chi connectivity index (χ2v) is 5.79. The van der Waals surface area contributed by atoms with E-state index in [4.69, 9.17) is 0 Å². The summed E-state index contributed by atoms with van der Waals surface area (Å²) in [6.07, 6.45) is -0.284. The standard InChI is InChI=1S/C14H11Br2FO/c15-10-5-9(6-11(17)8-10)7-14(18)12-3-1-2-4-13(12)16/h1-6,8,14,18H,7H2. The van der Waals surface area contributed by atoms with Gasteiger partial charge in [-0.1, -0.05) is 50.1 Å². The van der Waals surface area contributed by atoms with Gasteiger partial charge in [-0.15, -0.1) is 0 Å². The SMILES string of the molecule is OC(Cc1cc(F)cc(Br)c1)c1ccccc1Br. The van der Waals surface area contributed by atoms with Crippen LogP contribution < -0.4 is 0 Å². The van der Waals surface area contributed by atoms with Crippen LogP contribution in [0.25, 0.3) is 0 Å². The van der Waals surface area contributed by atoms with E-state index in [0.717, 1.165) is 15.6 Å². The van der Waals surface area contributed by atoms with Crippen molar-refractivity contribution in [3.05, 3.63) is 68.4 Å². The van der Waals surface area contributed by atoms with Crippen molar-refractivity contribution in [3.63, 3.8) is 0 Å². The Balaban J connectivity index is 2.21. The number of halogens is 3. The predicted molar refractivity (Wildman–Crippen MR) is 76.9 cm³/mol. The number of aliphatic hydroxyl groups is 1. The van der Waals surface area contributed by atoms with Crippen molar-refractivity contribution in [1.82, 2.24) is 0 Å². The first kappa shape index (κ1) is 13.7. The minimum Gasteiger partial charge on any atom is -0.388 e. The van der Waals surface area contributed by atoms with Gasteiger partial charge < -0.3 is 5.11 Å². The van der Waals surface area contributed by atoms with Crippen LogP contribution in [0.15, 0.2) is 51.4 Å². The molecule has 0 aliphatic heterocycles. The molecule has 94 valence electrons. The molecule has 2 rings (SSSR count). The van der Waals surface area contributed by atoms with Gasteiger partial charge in [0.1, 0.15) is 5.82 Å². The quantitative estimate of drug-likeness (QED) is 0.831. The molecule has 0 saturated carbocycles. The molecule has 0 fully saturated rings. The number of rotatable bonds is 3. The fourth-order valence-electron chi connectivity index (χ4n) is 1.81. The molecule has 0 radical (unpaired) electrons. The average molecular weight is 374 g/mol. The van der Waals surface area contributed by atoms with Crippen LogP contribution >= 0.6 is 31.9 Å². The van der Waals surface area contributed by atoms with E-state index in [0.29, 0.717) is 10.9 Å². The highest BCUT2D eigenvalue weighted by molar-refractivity contribution is 9.10. The van der Waals surface area contributed by atoms with E-state index in [1.165, 1.54) is 12.1 Å². The number of hydrogen-bond donors (Lipinski definition) is 1. The van der Waals surface area contributed by atoms with E-state index in [1.54, 1.807) is 0 Å². The van der Waals surface area contributed by atoms with Gasteiger partial charge in [0.25, 0.3) is 0 Å². The third-order valence-corrected chi connectivity index (χ3v) is 3.80. The largest absolute Gasteiger partial charge is 0.388 e. The summed E-state index contributed by atoms with van der Waals surface area (Å²) in [7, 11) is 0. The topological polar surface area (TPSA) is 20.2 Å². The summed E-state index contributed by atoms with van der Waals surface area (Å²) < 4.78 is 14.8. The molecular formula is C14H11Br2FO. The lowest BCUT2D eigenvalue weighted by Gasteiger charge is -2.13. The van der Waals surface area contributed by atoms with Crippen LogP contribution in [0.5, 0.6) is 0 Å². The van der Waals surface area contributed by atoms with Crippen molar-refractivity contribution in [1.29, 1.82) is 0 Å². The monoisotopic (exact) mass is 372 g/mol. The van der Waals surface area contributed by atoms with E-state index in [2.05, 4.69) is 31.9 Å². The Morgan fingerprint density at radius 1 is 1.11 bits per heavy atom. The summed E-state index contributed by atoms with van der Waals surface area (Å²) in [6, 6.07) is 12.1. The molecule has 0 aliphatic rings. The fourth-order valence-corrected chi connectivity index (χ4v) is 2.87. The lowest BCUT2D eigenvalue weighted by atomic mass is 10.0. The fraction of sp³-hybridized carbons (Fsp3) is 0.143. The zero-order valence-corrected chi connectivity index (χ0v) is 12.6. The van der Waals surface area contributed by atoms with Crippen LogP contribution in [0, 0.1) is 5.82 Å². The highest BCUT2D eigenvalue weighted by atomic mass is 79.9. The second-order valence-electron chi connectivity index (χ2n) is 4.02. The van der Waals surface area contributed by atoms with Crippen LogP contribution in [0.4, 0.5) is 4.39 Å². The van der Waals surface area contributed by atoms with Crippen LogP contribution in [0.2, 0.25) is 0 Å². The Labute approximate surface area is 122 Å². The first-order valence-corrected chi connectivity index (χ1v) is 7.02. The van der Waals surface area contributed by atoms with Crippen LogP contribution in [-0.4, -0.2) is 5.11 Å². The van der Waals surface area contributed by atoms with Gasteiger partial charge in [-0.05, 0) is 35.4 Å². The van der Waals surface area contributed by atoms with Crippen molar-refractivity contribution >= 4 is 31.9 Å². The van der Waals surface area contributed by atoms with E-state index >= 15 is 0 Å². The molecule has 0 bridgehead atoms. The minimum absolute atomic E-state index is 0.307.